The Kier molecular flexibility index (Phi) is 4.70. The molecule has 1 atom stereocenters. The first-order valence-corrected chi connectivity index (χ1v) is 10.2. The molecule has 2 aromatic carbocycles. The lowest BCUT2D eigenvalue weighted by atomic mass is 9.91. The van der Waals surface area contributed by atoms with Crippen LogP contribution in [0, 0.1) is 6.57 Å². The molecule has 5 nitrogen and oxygen atoms in total. The van der Waals surface area contributed by atoms with Gasteiger partial charge in [0.1, 0.15) is 5.54 Å². The van der Waals surface area contributed by atoms with Gasteiger partial charge in [-0.25, -0.2) is 15.0 Å². The van der Waals surface area contributed by atoms with Gasteiger partial charge in [0, 0.05) is 16.6 Å². The molecule has 26 heavy (non-hydrogen) atoms. The van der Waals surface area contributed by atoms with Crippen LogP contribution in [-0.2, 0) is 15.6 Å². The molecule has 0 fully saturated rings. The number of halogens is 1. The molecule has 0 saturated heterocycles. The number of hydrogen-bond acceptors (Lipinski definition) is 2. The number of benzene rings is 2. The Morgan fingerprint density at radius 3 is 2.50 bits per heavy atom. The maximum atomic E-state index is 11.6. The third kappa shape index (κ3) is 3.41. The standard InChI is InChI=1S/C19H18ClN3O2S/c1-19(13-21-2,14-7-9-15(20)10-8-14)23-12-11-16-17(22-26(3,24)25)5-4-6-18(16)23/h4-12,22H,13H2,1,3H3. The lowest BCUT2D eigenvalue weighted by Crippen LogP contribution is -2.33. The van der Waals surface area contributed by atoms with E-state index < -0.39 is 15.6 Å². The summed E-state index contributed by atoms with van der Waals surface area (Å²) < 4.78 is 27.8. The topological polar surface area (TPSA) is 55.5 Å². The Hall–Kier alpha value is -2.49. The van der Waals surface area contributed by atoms with Gasteiger partial charge < -0.3 is 9.41 Å². The van der Waals surface area contributed by atoms with Crippen molar-refractivity contribution in [3.8, 4) is 0 Å². The molecule has 0 aliphatic rings. The molecule has 134 valence electrons. The van der Waals surface area contributed by atoms with Crippen LogP contribution in [0.25, 0.3) is 15.7 Å². The van der Waals surface area contributed by atoms with Gasteiger partial charge in [-0.3, -0.25) is 4.72 Å². The zero-order chi connectivity index (χ0) is 18.9. The van der Waals surface area contributed by atoms with E-state index in [4.69, 9.17) is 18.2 Å². The van der Waals surface area contributed by atoms with Gasteiger partial charge in [-0.15, -0.1) is 0 Å². The average molecular weight is 388 g/mol. The molecule has 0 bridgehead atoms. The second kappa shape index (κ2) is 6.67. The van der Waals surface area contributed by atoms with Gasteiger partial charge in [0.25, 0.3) is 0 Å². The Bertz CT molecular complexity index is 1100. The van der Waals surface area contributed by atoms with Crippen LogP contribution in [0.5, 0.6) is 0 Å². The summed E-state index contributed by atoms with van der Waals surface area (Å²) in [4.78, 5) is 3.64. The van der Waals surface area contributed by atoms with Crippen molar-refractivity contribution in [2.75, 3.05) is 17.5 Å². The van der Waals surface area contributed by atoms with Crippen molar-refractivity contribution in [2.24, 2.45) is 0 Å². The maximum absolute atomic E-state index is 11.6. The van der Waals surface area contributed by atoms with Gasteiger partial charge in [-0.1, -0.05) is 29.8 Å². The van der Waals surface area contributed by atoms with Crippen LogP contribution >= 0.6 is 11.6 Å². The van der Waals surface area contributed by atoms with Crippen LogP contribution < -0.4 is 4.72 Å². The van der Waals surface area contributed by atoms with E-state index in [1.54, 1.807) is 24.3 Å². The van der Waals surface area contributed by atoms with Gasteiger partial charge in [0.15, 0.2) is 0 Å². The molecule has 1 heterocycles. The molecular weight excluding hydrogens is 370 g/mol. The Balaban J connectivity index is 2.20. The van der Waals surface area contributed by atoms with Gasteiger partial charge in [-0.05, 0) is 42.8 Å². The fourth-order valence-corrected chi connectivity index (χ4v) is 3.86. The van der Waals surface area contributed by atoms with Crippen LogP contribution in [-0.4, -0.2) is 25.8 Å². The van der Waals surface area contributed by atoms with Gasteiger partial charge >= 0.3 is 0 Å². The minimum Gasteiger partial charge on any atom is -0.330 e. The molecule has 0 amide bonds. The minimum atomic E-state index is -3.38. The van der Waals surface area contributed by atoms with Gasteiger partial charge in [0.05, 0.1) is 17.5 Å². The SMILES string of the molecule is [C-]#[N+]CC(C)(c1ccc(Cl)cc1)n1ccc2c(NS(C)(=O)=O)cccc21. The molecule has 0 aliphatic carbocycles. The smallest absolute Gasteiger partial charge is 0.241 e. The Morgan fingerprint density at radius 2 is 1.88 bits per heavy atom. The van der Waals surface area contributed by atoms with E-state index in [2.05, 4.69) is 9.57 Å². The van der Waals surface area contributed by atoms with E-state index in [0.717, 1.165) is 22.7 Å². The molecular formula is C19H18ClN3O2S. The molecule has 0 saturated carbocycles. The van der Waals surface area contributed by atoms with Crippen molar-refractivity contribution in [1.82, 2.24) is 4.57 Å². The summed E-state index contributed by atoms with van der Waals surface area (Å²) in [5.74, 6) is 0. The zero-order valence-corrected chi connectivity index (χ0v) is 16.0. The fourth-order valence-electron chi connectivity index (χ4n) is 3.16. The third-order valence-electron chi connectivity index (χ3n) is 4.41. The number of fused-ring (bicyclic) bond motifs is 1. The summed E-state index contributed by atoms with van der Waals surface area (Å²) in [5.41, 5.74) is 1.71. The Labute approximate surface area is 158 Å². The second-order valence-corrected chi connectivity index (χ2v) is 8.58. The quantitative estimate of drug-likeness (QED) is 0.662. The number of sulfonamides is 1. The second-order valence-electron chi connectivity index (χ2n) is 6.40. The van der Waals surface area contributed by atoms with Gasteiger partial charge in [-0.2, -0.15) is 0 Å². The third-order valence-corrected chi connectivity index (χ3v) is 5.26. The molecule has 1 aromatic heterocycles. The molecule has 3 aromatic rings. The van der Waals surface area contributed by atoms with E-state index in [1.165, 1.54) is 0 Å². The molecule has 0 aliphatic heterocycles. The summed E-state index contributed by atoms with van der Waals surface area (Å²) in [5, 5.41) is 1.42. The van der Waals surface area contributed by atoms with E-state index in [0.29, 0.717) is 10.7 Å². The predicted octanol–water partition coefficient (Wildman–Crippen LogP) is 4.35. The highest BCUT2D eigenvalue weighted by atomic mass is 35.5. The number of anilines is 1. The average Bonchev–Trinajstić information content (AvgIpc) is 3.00. The number of nitrogens with zero attached hydrogens (tertiary/aromatic N) is 2. The van der Waals surface area contributed by atoms with Crippen LogP contribution in [0.15, 0.2) is 54.7 Å². The van der Waals surface area contributed by atoms with E-state index in [9.17, 15) is 8.42 Å². The van der Waals surface area contributed by atoms with Crippen LogP contribution in [0.4, 0.5) is 5.69 Å². The lowest BCUT2D eigenvalue weighted by molar-refractivity contribution is 0.440. The number of nitrogens with one attached hydrogen (secondary N) is 1. The zero-order valence-electron chi connectivity index (χ0n) is 14.4. The normalized spacial score (nSPS) is 13.9. The van der Waals surface area contributed by atoms with E-state index >= 15 is 0 Å². The summed E-state index contributed by atoms with van der Waals surface area (Å²) in [6.07, 6.45) is 3.01. The summed E-state index contributed by atoms with van der Waals surface area (Å²) >= 11 is 6.01. The van der Waals surface area contributed by atoms with Crippen molar-refractivity contribution >= 4 is 38.2 Å². The largest absolute Gasteiger partial charge is 0.330 e. The number of rotatable bonds is 5. The molecule has 0 radical (unpaired) electrons. The highest BCUT2D eigenvalue weighted by molar-refractivity contribution is 7.92. The highest BCUT2D eigenvalue weighted by Gasteiger charge is 2.33. The number of hydrogen-bond donors (Lipinski definition) is 1. The van der Waals surface area contributed by atoms with Crippen molar-refractivity contribution in [3.05, 3.63) is 76.7 Å². The minimum absolute atomic E-state index is 0.238. The number of aromatic nitrogens is 1. The first-order chi connectivity index (χ1) is 12.2. The monoisotopic (exact) mass is 387 g/mol. The lowest BCUT2D eigenvalue weighted by Gasteiger charge is -2.28. The Morgan fingerprint density at radius 1 is 1.19 bits per heavy atom. The van der Waals surface area contributed by atoms with Crippen LogP contribution in [0.2, 0.25) is 5.02 Å². The van der Waals surface area contributed by atoms with Crippen molar-refractivity contribution in [2.45, 2.75) is 12.5 Å². The highest BCUT2D eigenvalue weighted by Crippen LogP contribution is 2.34. The molecule has 3 rings (SSSR count). The molecule has 7 heteroatoms. The molecule has 0 spiro atoms. The molecule has 1 N–H and O–H groups in total. The van der Waals surface area contributed by atoms with E-state index in [-0.39, 0.29) is 6.54 Å². The first kappa shape index (κ1) is 18.3. The summed E-state index contributed by atoms with van der Waals surface area (Å²) in [7, 11) is -3.38. The van der Waals surface area contributed by atoms with Crippen molar-refractivity contribution in [3.63, 3.8) is 0 Å². The van der Waals surface area contributed by atoms with Crippen molar-refractivity contribution in [1.29, 1.82) is 0 Å². The predicted molar refractivity (Wildman–Crippen MR) is 106 cm³/mol. The van der Waals surface area contributed by atoms with E-state index in [1.807, 2.05) is 42.0 Å². The van der Waals surface area contributed by atoms with Crippen LogP contribution in [0.1, 0.15) is 12.5 Å². The fraction of sp³-hybridized carbons (Fsp3) is 0.211. The molecule has 1 unspecified atom stereocenters. The maximum Gasteiger partial charge on any atom is 0.241 e. The van der Waals surface area contributed by atoms with Crippen LogP contribution in [0.3, 0.4) is 0 Å². The summed E-state index contributed by atoms with van der Waals surface area (Å²) in [6, 6.07) is 14.7. The summed E-state index contributed by atoms with van der Waals surface area (Å²) in [6.45, 7) is 9.64. The van der Waals surface area contributed by atoms with Crippen molar-refractivity contribution < 1.29 is 8.42 Å². The van der Waals surface area contributed by atoms with Gasteiger partial charge in [0.2, 0.25) is 16.6 Å². The first-order valence-electron chi connectivity index (χ1n) is 7.92.